The highest BCUT2D eigenvalue weighted by atomic mass is 35.5. The lowest BCUT2D eigenvalue weighted by Crippen LogP contribution is -2.08. The second-order valence-electron chi connectivity index (χ2n) is 3.21. The summed E-state index contributed by atoms with van der Waals surface area (Å²) in [5, 5.41) is 4.25. The average molecular weight is 218 g/mol. The minimum Gasteiger partial charge on any atom is -0.316 e. The lowest BCUT2D eigenvalue weighted by molar-refractivity contribution is 0.764. The van der Waals surface area contributed by atoms with Crippen molar-refractivity contribution in [3.05, 3.63) is 34.9 Å². The zero-order valence-corrected chi connectivity index (χ0v) is 8.87. The van der Waals surface area contributed by atoms with Crippen LogP contribution in [0.4, 0.5) is 0 Å². The van der Waals surface area contributed by atoms with Gasteiger partial charge in [0.2, 0.25) is 0 Å². The van der Waals surface area contributed by atoms with Gasteiger partial charge in [0.05, 0.1) is 0 Å². The zero-order valence-electron chi connectivity index (χ0n) is 7.29. The first-order chi connectivity index (χ1) is 5.88. The molecule has 0 saturated carbocycles. The third-order valence-electron chi connectivity index (χ3n) is 2.41. The highest BCUT2D eigenvalue weighted by Gasteiger charge is 2.17. The van der Waals surface area contributed by atoms with Crippen molar-refractivity contribution in [2.24, 2.45) is 0 Å². The summed E-state index contributed by atoms with van der Waals surface area (Å²) in [7, 11) is 0. The van der Waals surface area contributed by atoms with Crippen LogP contribution >= 0.6 is 24.0 Å². The van der Waals surface area contributed by atoms with Crippen molar-refractivity contribution in [2.75, 3.05) is 13.1 Å². The molecule has 1 aliphatic heterocycles. The maximum absolute atomic E-state index is 6.08. The number of halogens is 2. The third kappa shape index (κ3) is 2.37. The predicted octanol–water partition coefficient (Wildman–Crippen LogP) is 2.84. The molecule has 2 rings (SSSR count). The lowest BCUT2D eigenvalue weighted by Gasteiger charge is -2.09. The van der Waals surface area contributed by atoms with Crippen molar-refractivity contribution in [1.29, 1.82) is 0 Å². The molecule has 1 unspecified atom stereocenters. The van der Waals surface area contributed by atoms with Gasteiger partial charge < -0.3 is 5.32 Å². The molecule has 3 heteroatoms. The quantitative estimate of drug-likeness (QED) is 0.764. The van der Waals surface area contributed by atoms with Crippen LogP contribution in [0.1, 0.15) is 17.9 Å². The minimum absolute atomic E-state index is 0. The summed E-state index contributed by atoms with van der Waals surface area (Å²) in [6.45, 7) is 2.19. The van der Waals surface area contributed by atoms with Gasteiger partial charge in [-0.15, -0.1) is 12.4 Å². The Bertz CT molecular complexity index is 269. The molecule has 1 aliphatic rings. The Morgan fingerprint density at radius 1 is 1.31 bits per heavy atom. The largest absolute Gasteiger partial charge is 0.316 e. The molecule has 0 radical (unpaired) electrons. The summed E-state index contributed by atoms with van der Waals surface area (Å²) in [6.07, 6.45) is 1.21. The van der Waals surface area contributed by atoms with Gasteiger partial charge in [-0.3, -0.25) is 0 Å². The molecule has 0 aliphatic carbocycles. The number of nitrogens with one attached hydrogen (secondary N) is 1. The molecule has 1 nitrogen and oxygen atoms in total. The van der Waals surface area contributed by atoms with E-state index in [1.807, 2.05) is 12.1 Å². The SMILES string of the molecule is Cl.Clc1ccccc1C1CCNC1. The molecule has 13 heavy (non-hydrogen) atoms. The smallest absolute Gasteiger partial charge is 0.0441 e. The van der Waals surface area contributed by atoms with E-state index in [-0.39, 0.29) is 12.4 Å². The van der Waals surface area contributed by atoms with Gasteiger partial charge in [-0.05, 0) is 30.5 Å². The number of hydrogen-bond acceptors (Lipinski definition) is 1. The van der Waals surface area contributed by atoms with Crippen molar-refractivity contribution in [2.45, 2.75) is 12.3 Å². The highest BCUT2D eigenvalue weighted by Crippen LogP contribution is 2.28. The first kappa shape index (κ1) is 10.8. The van der Waals surface area contributed by atoms with E-state index in [0.717, 1.165) is 18.1 Å². The molecule has 1 saturated heterocycles. The van der Waals surface area contributed by atoms with E-state index in [4.69, 9.17) is 11.6 Å². The molecule has 1 aromatic carbocycles. The van der Waals surface area contributed by atoms with Crippen LogP contribution in [0.25, 0.3) is 0 Å². The van der Waals surface area contributed by atoms with Gasteiger partial charge in [0.25, 0.3) is 0 Å². The zero-order chi connectivity index (χ0) is 8.39. The van der Waals surface area contributed by atoms with Gasteiger partial charge in [0.1, 0.15) is 0 Å². The van der Waals surface area contributed by atoms with E-state index in [1.165, 1.54) is 12.0 Å². The monoisotopic (exact) mass is 217 g/mol. The van der Waals surface area contributed by atoms with E-state index in [0.29, 0.717) is 5.92 Å². The Morgan fingerprint density at radius 2 is 2.08 bits per heavy atom. The van der Waals surface area contributed by atoms with Gasteiger partial charge in [0, 0.05) is 11.6 Å². The van der Waals surface area contributed by atoms with Crippen molar-refractivity contribution in [1.82, 2.24) is 5.32 Å². The molecule has 0 bridgehead atoms. The number of rotatable bonds is 1. The van der Waals surface area contributed by atoms with Crippen LogP contribution in [0.15, 0.2) is 24.3 Å². The average Bonchev–Trinajstić information content (AvgIpc) is 2.57. The van der Waals surface area contributed by atoms with Crippen LogP contribution in [0, 0.1) is 0 Å². The summed E-state index contributed by atoms with van der Waals surface area (Å²) >= 11 is 6.08. The fourth-order valence-corrected chi connectivity index (χ4v) is 2.02. The fraction of sp³-hybridized carbons (Fsp3) is 0.400. The van der Waals surface area contributed by atoms with Crippen LogP contribution in [-0.4, -0.2) is 13.1 Å². The lowest BCUT2D eigenvalue weighted by atomic mass is 9.99. The Labute approximate surface area is 89.9 Å². The molecule has 1 fully saturated rings. The summed E-state index contributed by atoms with van der Waals surface area (Å²) < 4.78 is 0. The van der Waals surface area contributed by atoms with Gasteiger partial charge in [-0.2, -0.15) is 0 Å². The van der Waals surface area contributed by atoms with Crippen LogP contribution < -0.4 is 5.32 Å². The fourth-order valence-electron chi connectivity index (χ4n) is 1.73. The second-order valence-corrected chi connectivity index (χ2v) is 3.62. The van der Waals surface area contributed by atoms with E-state index in [9.17, 15) is 0 Å². The van der Waals surface area contributed by atoms with Gasteiger partial charge in [-0.25, -0.2) is 0 Å². The second kappa shape index (κ2) is 4.85. The molecule has 1 atom stereocenters. The highest BCUT2D eigenvalue weighted by molar-refractivity contribution is 6.31. The molecule has 1 aromatic rings. The summed E-state index contributed by atoms with van der Waals surface area (Å²) in [5.41, 5.74) is 1.30. The van der Waals surface area contributed by atoms with Crippen molar-refractivity contribution >= 4 is 24.0 Å². The predicted molar refractivity (Wildman–Crippen MR) is 58.9 cm³/mol. The Morgan fingerprint density at radius 3 is 2.69 bits per heavy atom. The maximum atomic E-state index is 6.08. The number of hydrogen-bond donors (Lipinski definition) is 1. The minimum atomic E-state index is 0. The normalized spacial score (nSPS) is 21.2. The molecule has 1 heterocycles. The van der Waals surface area contributed by atoms with Crippen LogP contribution in [-0.2, 0) is 0 Å². The van der Waals surface area contributed by atoms with Gasteiger partial charge >= 0.3 is 0 Å². The topological polar surface area (TPSA) is 12.0 Å². The van der Waals surface area contributed by atoms with Crippen molar-refractivity contribution in [3.63, 3.8) is 0 Å². The molecule has 0 spiro atoms. The maximum Gasteiger partial charge on any atom is 0.0441 e. The molecule has 72 valence electrons. The Kier molecular flexibility index (Phi) is 4.04. The van der Waals surface area contributed by atoms with Crippen molar-refractivity contribution < 1.29 is 0 Å². The van der Waals surface area contributed by atoms with E-state index < -0.39 is 0 Å². The van der Waals surface area contributed by atoms with Gasteiger partial charge in [-0.1, -0.05) is 29.8 Å². The van der Waals surface area contributed by atoms with Crippen LogP contribution in [0.2, 0.25) is 5.02 Å². The summed E-state index contributed by atoms with van der Waals surface area (Å²) in [6, 6.07) is 8.13. The molecule has 0 amide bonds. The molecular formula is C10H13Cl2N. The summed E-state index contributed by atoms with van der Waals surface area (Å²) in [4.78, 5) is 0. The first-order valence-corrected chi connectivity index (χ1v) is 4.71. The van der Waals surface area contributed by atoms with E-state index >= 15 is 0 Å². The van der Waals surface area contributed by atoms with Crippen molar-refractivity contribution in [3.8, 4) is 0 Å². The number of benzene rings is 1. The molecule has 1 N–H and O–H groups in total. The third-order valence-corrected chi connectivity index (χ3v) is 2.75. The van der Waals surface area contributed by atoms with Gasteiger partial charge in [0.15, 0.2) is 0 Å². The standard InChI is InChI=1S/C10H12ClN.ClH/c11-10-4-2-1-3-9(10)8-5-6-12-7-8;/h1-4,8,12H,5-7H2;1H. The van der Waals surface area contributed by atoms with Crippen LogP contribution in [0.3, 0.4) is 0 Å². The summed E-state index contributed by atoms with van der Waals surface area (Å²) in [5.74, 6) is 0.624. The van der Waals surface area contributed by atoms with Crippen LogP contribution in [0.5, 0.6) is 0 Å². The first-order valence-electron chi connectivity index (χ1n) is 4.33. The molecular weight excluding hydrogens is 205 g/mol. The Balaban J connectivity index is 0.000000845. The van der Waals surface area contributed by atoms with E-state index in [2.05, 4.69) is 17.4 Å². The Hall–Kier alpha value is -0.240. The van der Waals surface area contributed by atoms with E-state index in [1.54, 1.807) is 0 Å². The molecule has 0 aromatic heterocycles.